The average Bonchev–Trinajstić information content (AvgIpc) is 3.09. The molecule has 0 saturated carbocycles. The van der Waals surface area contributed by atoms with Crippen LogP contribution in [0, 0.1) is 0 Å². The summed E-state index contributed by atoms with van der Waals surface area (Å²) in [6.45, 7) is 1.72. The van der Waals surface area contributed by atoms with Crippen LogP contribution in [0.15, 0.2) is 24.3 Å². The lowest BCUT2D eigenvalue weighted by molar-refractivity contribution is 0.0706. The first-order chi connectivity index (χ1) is 10.9. The molecule has 1 N–H and O–H groups in total. The van der Waals surface area contributed by atoms with Crippen molar-refractivity contribution in [3.05, 3.63) is 29.3 Å². The highest BCUT2D eigenvalue weighted by atomic mass is 35.5. The molecule has 1 aromatic carbocycles. The molecular formula is C15H19ClN2O4S. The van der Waals surface area contributed by atoms with Crippen LogP contribution in [0.25, 0.3) is 0 Å². The molecule has 2 aliphatic heterocycles. The molecular weight excluding hydrogens is 340 g/mol. The number of nitrogens with zero attached hydrogens (tertiary/aromatic N) is 1. The van der Waals surface area contributed by atoms with E-state index in [9.17, 15) is 13.2 Å². The molecule has 0 aliphatic carbocycles. The Hall–Kier alpha value is -1.31. The van der Waals surface area contributed by atoms with E-state index in [0.29, 0.717) is 10.7 Å². The van der Waals surface area contributed by atoms with E-state index in [1.807, 2.05) is 0 Å². The standard InChI is InChI=1S/C15H19ClN2O4S/c16-11-3-5-12(6-4-11)17-15(19)22-14-10-23(20,21)9-13(14)18-7-1-2-8-18/h3-6,13-14H,1-2,7-10H2,(H,17,19). The summed E-state index contributed by atoms with van der Waals surface area (Å²) in [7, 11) is -3.17. The molecule has 1 amide bonds. The van der Waals surface area contributed by atoms with Gasteiger partial charge < -0.3 is 4.74 Å². The zero-order valence-electron chi connectivity index (χ0n) is 12.6. The number of nitrogens with one attached hydrogen (secondary N) is 1. The molecule has 2 heterocycles. The lowest BCUT2D eigenvalue weighted by Gasteiger charge is -2.27. The quantitative estimate of drug-likeness (QED) is 0.896. The highest BCUT2D eigenvalue weighted by Crippen LogP contribution is 2.25. The highest BCUT2D eigenvalue weighted by molar-refractivity contribution is 7.91. The van der Waals surface area contributed by atoms with Gasteiger partial charge in [0, 0.05) is 10.7 Å². The van der Waals surface area contributed by atoms with E-state index in [1.165, 1.54) is 0 Å². The number of amides is 1. The fourth-order valence-electron chi connectivity index (χ4n) is 3.14. The first-order valence-corrected chi connectivity index (χ1v) is 9.80. The van der Waals surface area contributed by atoms with E-state index in [2.05, 4.69) is 10.2 Å². The number of sulfone groups is 1. The minimum absolute atomic E-state index is 0.0614. The molecule has 0 bridgehead atoms. The number of benzene rings is 1. The topological polar surface area (TPSA) is 75.7 Å². The van der Waals surface area contributed by atoms with Crippen LogP contribution in [-0.4, -0.2) is 56.2 Å². The van der Waals surface area contributed by atoms with Crippen molar-refractivity contribution in [3.8, 4) is 0 Å². The number of carbonyl (C=O) groups excluding carboxylic acids is 1. The van der Waals surface area contributed by atoms with Crippen LogP contribution < -0.4 is 5.32 Å². The number of halogens is 1. The molecule has 0 spiro atoms. The number of anilines is 1. The third kappa shape index (κ3) is 4.16. The summed E-state index contributed by atoms with van der Waals surface area (Å²) in [6, 6.07) is 6.40. The molecule has 0 aromatic heterocycles. The number of ether oxygens (including phenoxy) is 1. The molecule has 2 saturated heterocycles. The Morgan fingerprint density at radius 3 is 2.48 bits per heavy atom. The van der Waals surface area contributed by atoms with Crippen molar-refractivity contribution in [2.75, 3.05) is 29.9 Å². The van der Waals surface area contributed by atoms with Gasteiger partial charge in [-0.05, 0) is 50.2 Å². The number of likely N-dealkylation sites (tertiary alicyclic amines) is 1. The zero-order chi connectivity index (χ0) is 16.4. The summed E-state index contributed by atoms with van der Waals surface area (Å²) in [5.41, 5.74) is 0.554. The number of hydrogen-bond donors (Lipinski definition) is 1. The highest BCUT2D eigenvalue weighted by Gasteiger charge is 2.43. The third-order valence-corrected chi connectivity index (χ3v) is 6.17. The van der Waals surface area contributed by atoms with Gasteiger partial charge >= 0.3 is 6.09 Å². The fraction of sp³-hybridized carbons (Fsp3) is 0.533. The number of hydrogen-bond acceptors (Lipinski definition) is 5. The summed E-state index contributed by atoms with van der Waals surface area (Å²) >= 11 is 5.79. The van der Waals surface area contributed by atoms with Gasteiger partial charge in [0.2, 0.25) is 0 Å². The van der Waals surface area contributed by atoms with E-state index in [0.717, 1.165) is 25.9 Å². The maximum atomic E-state index is 12.0. The van der Waals surface area contributed by atoms with Gasteiger partial charge in [0.05, 0.1) is 17.5 Å². The largest absolute Gasteiger partial charge is 0.443 e. The Morgan fingerprint density at radius 2 is 1.83 bits per heavy atom. The third-order valence-electron chi connectivity index (χ3n) is 4.23. The van der Waals surface area contributed by atoms with Gasteiger partial charge in [-0.15, -0.1) is 0 Å². The summed E-state index contributed by atoms with van der Waals surface area (Å²) in [4.78, 5) is 14.2. The molecule has 0 radical (unpaired) electrons. The van der Waals surface area contributed by atoms with E-state index >= 15 is 0 Å². The lowest BCUT2D eigenvalue weighted by atomic mass is 10.2. The molecule has 2 unspecified atom stereocenters. The van der Waals surface area contributed by atoms with Crippen molar-refractivity contribution in [1.29, 1.82) is 0 Å². The molecule has 2 atom stereocenters. The minimum atomic E-state index is -3.17. The van der Waals surface area contributed by atoms with E-state index < -0.39 is 22.0 Å². The van der Waals surface area contributed by atoms with Crippen LogP contribution in [0.4, 0.5) is 10.5 Å². The summed E-state index contributed by atoms with van der Waals surface area (Å²) < 4.78 is 29.3. The maximum Gasteiger partial charge on any atom is 0.411 e. The van der Waals surface area contributed by atoms with Crippen LogP contribution in [-0.2, 0) is 14.6 Å². The molecule has 23 heavy (non-hydrogen) atoms. The van der Waals surface area contributed by atoms with Crippen molar-refractivity contribution in [1.82, 2.24) is 4.90 Å². The van der Waals surface area contributed by atoms with Gasteiger partial charge in [-0.2, -0.15) is 0 Å². The van der Waals surface area contributed by atoms with Crippen molar-refractivity contribution >= 4 is 33.2 Å². The van der Waals surface area contributed by atoms with Gasteiger partial charge in [-0.3, -0.25) is 10.2 Å². The van der Waals surface area contributed by atoms with E-state index in [1.54, 1.807) is 24.3 Å². The van der Waals surface area contributed by atoms with Gasteiger partial charge in [0.25, 0.3) is 0 Å². The van der Waals surface area contributed by atoms with Crippen LogP contribution in [0.2, 0.25) is 5.02 Å². The zero-order valence-corrected chi connectivity index (χ0v) is 14.1. The minimum Gasteiger partial charge on any atom is -0.443 e. The molecule has 126 valence electrons. The molecule has 2 fully saturated rings. The van der Waals surface area contributed by atoms with Gasteiger partial charge in [-0.1, -0.05) is 11.6 Å². The van der Waals surface area contributed by atoms with Crippen LogP contribution >= 0.6 is 11.6 Å². The van der Waals surface area contributed by atoms with Crippen LogP contribution in [0.5, 0.6) is 0 Å². The number of rotatable bonds is 3. The second-order valence-electron chi connectivity index (χ2n) is 5.96. The molecule has 3 rings (SSSR count). The molecule has 2 aliphatic rings. The predicted molar refractivity (Wildman–Crippen MR) is 88.6 cm³/mol. The van der Waals surface area contributed by atoms with Crippen molar-refractivity contribution < 1.29 is 17.9 Å². The fourth-order valence-corrected chi connectivity index (χ4v) is 5.14. The van der Waals surface area contributed by atoms with Gasteiger partial charge in [-0.25, -0.2) is 13.2 Å². The Bertz CT molecular complexity index is 671. The van der Waals surface area contributed by atoms with Crippen LogP contribution in [0.1, 0.15) is 12.8 Å². The smallest absolute Gasteiger partial charge is 0.411 e. The summed E-state index contributed by atoms with van der Waals surface area (Å²) in [5.74, 6) is -0.0475. The van der Waals surface area contributed by atoms with E-state index in [-0.39, 0.29) is 17.5 Å². The summed E-state index contributed by atoms with van der Waals surface area (Å²) in [5, 5.41) is 3.17. The maximum absolute atomic E-state index is 12.0. The lowest BCUT2D eigenvalue weighted by Crippen LogP contribution is -2.43. The first-order valence-electron chi connectivity index (χ1n) is 7.61. The normalized spacial score (nSPS) is 27.0. The second kappa shape index (κ2) is 6.67. The van der Waals surface area contributed by atoms with E-state index in [4.69, 9.17) is 16.3 Å². The number of carbonyl (C=O) groups is 1. The Balaban J connectivity index is 1.64. The Labute approximate surface area is 140 Å². The van der Waals surface area contributed by atoms with Crippen LogP contribution in [0.3, 0.4) is 0 Å². The van der Waals surface area contributed by atoms with Gasteiger partial charge in [0.15, 0.2) is 9.84 Å². The Kier molecular flexibility index (Phi) is 4.79. The van der Waals surface area contributed by atoms with Gasteiger partial charge in [0.1, 0.15) is 6.10 Å². The molecule has 1 aromatic rings. The Morgan fingerprint density at radius 1 is 1.17 bits per heavy atom. The molecule has 8 heteroatoms. The second-order valence-corrected chi connectivity index (χ2v) is 8.55. The SMILES string of the molecule is O=C(Nc1ccc(Cl)cc1)OC1CS(=O)(=O)CC1N1CCCC1. The first kappa shape index (κ1) is 16.5. The predicted octanol–water partition coefficient (Wildman–Crippen LogP) is 2.15. The molecule has 6 nitrogen and oxygen atoms in total. The summed E-state index contributed by atoms with van der Waals surface area (Å²) in [6.07, 6.45) is 0.851. The monoisotopic (exact) mass is 358 g/mol. The van der Waals surface area contributed by atoms with Crippen molar-refractivity contribution in [2.24, 2.45) is 0 Å². The van der Waals surface area contributed by atoms with Crippen molar-refractivity contribution in [2.45, 2.75) is 25.0 Å². The average molecular weight is 359 g/mol. The van der Waals surface area contributed by atoms with Crippen molar-refractivity contribution in [3.63, 3.8) is 0 Å².